The van der Waals surface area contributed by atoms with E-state index >= 15 is 0 Å². The highest BCUT2D eigenvalue weighted by molar-refractivity contribution is 6.05. The summed E-state index contributed by atoms with van der Waals surface area (Å²) in [5.74, 6) is -0.958. The van der Waals surface area contributed by atoms with Gasteiger partial charge in [-0.05, 0) is 50.2 Å². The number of fused-ring (bicyclic) bond motifs is 1. The molecule has 0 saturated carbocycles. The van der Waals surface area contributed by atoms with Gasteiger partial charge in [0.1, 0.15) is 17.0 Å². The minimum absolute atomic E-state index is 0.0948. The molecule has 0 aliphatic carbocycles. The van der Waals surface area contributed by atoms with Gasteiger partial charge in [-0.25, -0.2) is 4.39 Å². The van der Waals surface area contributed by atoms with Crippen molar-refractivity contribution in [2.45, 2.75) is 13.8 Å². The van der Waals surface area contributed by atoms with E-state index in [0.29, 0.717) is 11.3 Å². The number of nitrogens with one attached hydrogen (secondary N) is 2. The van der Waals surface area contributed by atoms with Crippen LogP contribution < -0.4 is 15.8 Å². The molecule has 0 radical (unpaired) electrons. The zero-order valence-corrected chi connectivity index (χ0v) is 14.7. The summed E-state index contributed by atoms with van der Waals surface area (Å²) in [5, 5.41) is 11.4. The molecule has 0 aliphatic heterocycles. The van der Waals surface area contributed by atoms with Crippen molar-refractivity contribution in [3.8, 4) is 0 Å². The van der Waals surface area contributed by atoms with Crippen LogP contribution >= 0.6 is 0 Å². The lowest BCUT2D eigenvalue weighted by Gasteiger charge is -2.21. The van der Waals surface area contributed by atoms with Crippen LogP contribution in [0.25, 0.3) is 11.0 Å². The van der Waals surface area contributed by atoms with Gasteiger partial charge in [0.25, 0.3) is 5.91 Å². The van der Waals surface area contributed by atoms with E-state index in [4.69, 9.17) is 9.83 Å². The summed E-state index contributed by atoms with van der Waals surface area (Å²) in [5.41, 5.74) is 1.73. The van der Waals surface area contributed by atoms with Crippen LogP contribution in [0, 0.1) is 11.2 Å². The van der Waals surface area contributed by atoms with E-state index in [0.717, 1.165) is 24.2 Å². The standard InChI is InChI=1S/C20H20FN3O2/c1-3-24(4-2)16-9-8-13-10-17(19(22)26-18(13)12-16)20(25)23-15-7-5-6-14(21)11-15/h5-12,22H,3-4H2,1-2H3,(H,23,25). The lowest BCUT2D eigenvalue weighted by Crippen LogP contribution is -2.22. The summed E-state index contributed by atoms with van der Waals surface area (Å²) < 4.78 is 18.8. The highest BCUT2D eigenvalue weighted by atomic mass is 19.1. The molecule has 1 amide bonds. The predicted octanol–water partition coefficient (Wildman–Crippen LogP) is 4.15. The highest BCUT2D eigenvalue weighted by Gasteiger charge is 2.13. The number of rotatable bonds is 5. The van der Waals surface area contributed by atoms with Gasteiger partial charge in [0.2, 0.25) is 5.55 Å². The van der Waals surface area contributed by atoms with E-state index in [9.17, 15) is 9.18 Å². The average molecular weight is 353 g/mol. The Morgan fingerprint density at radius 1 is 1.15 bits per heavy atom. The third kappa shape index (κ3) is 3.59. The Hall–Kier alpha value is -3.15. The van der Waals surface area contributed by atoms with Crippen LogP contribution in [0.1, 0.15) is 24.2 Å². The molecule has 0 unspecified atom stereocenters. The van der Waals surface area contributed by atoms with Crippen LogP contribution in [0.2, 0.25) is 0 Å². The summed E-state index contributed by atoms with van der Waals surface area (Å²) >= 11 is 0. The van der Waals surface area contributed by atoms with Crippen LogP contribution in [-0.4, -0.2) is 19.0 Å². The maximum absolute atomic E-state index is 13.3. The zero-order valence-electron chi connectivity index (χ0n) is 14.7. The molecule has 3 rings (SSSR count). The highest BCUT2D eigenvalue weighted by Crippen LogP contribution is 2.22. The second-order valence-electron chi connectivity index (χ2n) is 5.85. The molecule has 5 nitrogen and oxygen atoms in total. The average Bonchev–Trinajstić information content (AvgIpc) is 2.62. The summed E-state index contributed by atoms with van der Waals surface area (Å²) in [6.45, 7) is 5.87. The SMILES string of the molecule is CCN(CC)c1ccc2cc(C(=O)Nc3cccc(F)c3)c(=N)oc2c1. The second kappa shape index (κ2) is 7.39. The van der Waals surface area contributed by atoms with Crippen molar-refractivity contribution in [1.29, 1.82) is 5.41 Å². The first-order valence-corrected chi connectivity index (χ1v) is 8.46. The van der Waals surface area contributed by atoms with Crippen LogP contribution in [0.4, 0.5) is 15.8 Å². The maximum atomic E-state index is 13.3. The third-order valence-corrected chi connectivity index (χ3v) is 4.21. The molecule has 3 aromatic rings. The number of hydrogen-bond acceptors (Lipinski definition) is 4. The van der Waals surface area contributed by atoms with Crippen molar-refractivity contribution in [1.82, 2.24) is 0 Å². The number of hydrogen-bond donors (Lipinski definition) is 2. The molecule has 1 heterocycles. The van der Waals surface area contributed by atoms with E-state index in [-0.39, 0.29) is 11.1 Å². The minimum Gasteiger partial charge on any atom is -0.438 e. The zero-order chi connectivity index (χ0) is 18.7. The number of benzene rings is 2. The second-order valence-corrected chi connectivity index (χ2v) is 5.85. The van der Waals surface area contributed by atoms with Crippen molar-refractivity contribution in [3.05, 3.63) is 65.5 Å². The number of nitrogens with zero attached hydrogens (tertiary/aromatic N) is 1. The largest absolute Gasteiger partial charge is 0.438 e. The predicted molar refractivity (Wildman–Crippen MR) is 100.0 cm³/mol. The van der Waals surface area contributed by atoms with E-state index in [2.05, 4.69) is 24.1 Å². The summed E-state index contributed by atoms with van der Waals surface area (Å²) in [7, 11) is 0. The number of carbonyl (C=O) groups is 1. The molecule has 0 bridgehead atoms. The number of anilines is 2. The smallest absolute Gasteiger partial charge is 0.261 e. The Balaban J connectivity index is 1.94. The Bertz CT molecular complexity index is 1010. The molecule has 0 fully saturated rings. The molecule has 26 heavy (non-hydrogen) atoms. The topological polar surface area (TPSA) is 69.3 Å². The molecule has 0 saturated heterocycles. The van der Waals surface area contributed by atoms with Crippen LogP contribution in [-0.2, 0) is 0 Å². The molecule has 1 aromatic heterocycles. The quantitative estimate of drug-likeness (QED) is 0.724. The molecule has 0 aliphatic rings. The van der Waals surface area contributed by atoms with Gasteiger partial charge in [0.15, 0.2) is 0 Å². The van der Waals surface area contributed by atoms with Gasteiger partial charge in [-0.1, -0.05) is 6.07 Å². The fraction of sp³-hybridized carbons (Fsp3) is 0.200. The molecule has 134 valence electrons. The number of halogens is 1. The summed E-state index contributed by atoms with van der Waals surface area (Å²) in [6.07, 6.45) is 0. The van der Waals surface area contributed by atoms with Gasteiger partial charge >= 0.3 is 0 Å². The van der Waals surface area contributed by atoms with Gasteiger partial charge in [-0.15, -0.1) is 0 Å². The molecular formula is C20H20FN3O2. The van der Waals surface area contributed by atoms with Gasteiger partial charge in [0.05, 0.1) is 0 Å². The maximum Gasteiger partial charge on any atom is 0.261 e. The van der Waals surface area contributed by atoms with Crippen molar-refractivity contribution < 1.29 is 13.6 Å². The number of amides is 1. The van der Waals surface area contributed by atoms with Gasteiger partial charge in [-0.3, -0.25) is 10.2 Å². The van der Waals surface area contributed by atoms with E-state index < -0.39 is 11.7 Å². The van der Waals surface area contributed by atoms with Crippen molar-refractivity contribution in [2.75, 3.05) is 23.3 Å². The van der Waals surface area contributed by atoms with Crippen molar-refractivity contribution in [2.24, 2.45) is 0 Å². The Kier molecular flexibility index (Phi) is 5.02. The van der Waals surface area contributed by atoms with Crippen LogP contribution in [0.3, 0.4) is 0 Å². The van der Waals surface area contributed by atoms with Crippen molar-refractivity contribution in [3.63, 3.8) is 0 Å². The third-order valence-electron chi connectivity index (χ3n) is 4.21. The Morgan fingerprint density at radius 2 is 1.92 bits per heavy atom. The lowest BCUT2D eigenvalue weighted by atomic mass is 10.1. The number of carbonyl (C=O) groups excluding carboxylic acids is 1. The molecule has 2 aromatic carbocycles. The Labute approximate surface area is 150 Å². The first-order chi connectivity index (χ1) is 12.5. The lowest BCUT2D eigenvalue weighted by molar-refractivity contribution is 0.102. The van der Waals surface area contributed by atoms with Crippen LogP contribution in [0.5, 0.6) is 0 Å². The van der Waals surface area contributed by atoms with Crippen LogP contribution in [0.15, 0.2) is 52.9 Å². The molecule has 6 heteroatoms. The summed E-state index contributed by atoms with van der Waals surface area (Å²) in [6, 6.07) is 12.9. The van der Waals surface area contributed by atoms with Gasteiger partial charge in [0, 0.05) is 35.9 Å². The monoisotopic (exact) mass is 353 g/mol. The fourth-order valence-corrected chi connectivity index (χ4v) is 2.84. The summed E-state index contributed by atoms with van der Waals surface area (Å²) in [4.78, 5) is 14.6. The van der Waals surface area contributed by atoms with E-state index in [1.165, 1.54) is 18.2 Å². The van der Waals surface area contributed by atoms with Crippen molar-refractivity contribution >= 4 is 28.3 Å². The fourth-order valence-electron chi connectivity index (χ4n) is 2.84. The molecule has 0 atom stereocenters. The Morgan fingerprint density at radius 3 is 2.62 bits per heavy atom. The molecular weight excluding hydrogens is 333 g/mol. The minimum atomic E-state index is -0.515. The van der Waals surface area contributed by atoms with Gasteiger partial charge < -0.3 is 14.6 Å². The molecule has 0 spiro atoms. The first kappa shape index (κ1) is 17.7. The first-order valence-electron chi connectivity index (χ1n) is 8.46. The normalized spacial score (nSPS) is 10.7. The van der Waals surface area contributed by atoms with E-state index in [1.807, 2.05) is 18.2 Å². The van der Waals surface area contributed by atoms with Gasteiger partial charge in [-0.2, -0.15) is 0 Å². The molecule has 2 N–H and O–H groups in total. The van der Waals surface area contributed by atoms with E-state index in [1.54, 1.807) is 12.1 Å².